The Morgan fingerprint density at radius 1 is 1.24 bits per heavy atom. The smallest absolute Gasteiger partial charge is 0.263 e. The van der Waals surface area contributed by atoms with Crippen LogP contribution in [0.25, 0.3) is 10.2 Å². The summed E-state index contributed by atoms with van der Waals surface area (Å²) in [6.07, 6.45) is 2.18. The number of amides is 2. The Balaban J connectivity index is 1.41. The van der Waals surface area contributed by atoms with Crippen molar-refractivity contribution in [2.75, 3.05) is 24.2 Å². The van der Waals surface area contributed by atoms with E-state index < -0.39 is 0 Å². The van der Waals surface area contributed by atoms with Crippen LogP contribution in [0.5, 0.6) is 5.75 Å². The fraction of sp³-hybridized carbons (Fsp3) is 0.308. The molecule has 0 fully saturated rings. The number of rotatable bonds is 8. The van der Waals surface area contributed by atoms with Gasteiger partial charge in [0.15, 0.2) is 5.16 Å². The summed E-state index contributed by atoms with van der Waals surface area (Å²) < 4.78 is 12.5. The summed E-state index contributed by atoms with van der Waals surface area (Å²) >= 11 is 2.64. The number of aromatic nitrogens is 2. The molecule has 5 rings (SSSR count). The SMILES string of the molecule is CCOc1ccc(NC(=O)CSc2nc3sc4c(c3c(=O)n2Cc2ccco2)CCN(C(C)=O)C4)cc1. The molecular formula is C26H26N4O5S2. The van der Waals surface area contributed by atoms with Gasteiger partial charge < -0.3 is 19.4 Å². The number of hydrogen-bond donors (Lipinski definition) is 1. The molecular weight excluding hydrogens is 512 g/mol. The van der Waals surface area contributed by atoms with Crippen molar-refractivity contribution in [3.63, 3.8) is 0 Å². The van der Waals surface area contributed by atoms with Crippen LogP contribution in [0.3, 0.4) is 0 Å². The fourth-order valence-electron chi connectivity index (χ4n) is 4.26. The summed E-state index contributed by atoms with van der Waals surface area (Å²) in [4.78, 5) is 46.5. The Bertz CT molecular complexity index is 1490. The van der Waals surface area contributed by atoms with Crippen molar-refractivity contribution in [3.05, 3.63) is 69.2 Å². The monoisotopic (exact) mass is 538 g/mol. The Kier molecular flexibility index (Phi) is 7.33. The van der Waals surface area contributed by atoms with Gasteiger partial charge in [0.05, 0.1) is 37.1 Å². The van der Waals surface area contributed by atoms with Crippen LogP contribution in [0.2, 0.25) is 0 Å². The maximum absolute atomic E-state index is 13.7. The van der Waals surface area contributed by atoms with Crippen molar-refractivity contribution in [3.8, 4) is 5.75 Å². The molecule has 192 valence electrons. The predicted molar refractivity (Wildman–Crippen MR) is 143 cm³/mol. The van der Waals surface area contributed by atoms with Crippen molar-refractivity contribution >= 4 is 50.8 Å². The summed E-state index contributed by atoms with van der Waals surface area (Å²) in [5.74, 6) is 1.24. The second kappa shape index (κ2) is 10.8. The standard InChI is InChI=1S/C26H26N4O5S2/c1-3-34-18-8-6-17(7-9-18)27-22(32)15-36-26-28-24-23(25(33)30(26)13-19-5-4-12-35-19)20-10-11-29(16(2)31)14-21(20)37-24/h4-9,12H,3,10-11,13-15H2,1-2H3,(H,27,32). The molecule has 4 aromatic rings. The molecule has 3 aromatic heterocycles. The number of furan rings is 1. The number of benzene rings is 1. The topological polar surface area (TPSA) is 107 Å². The van der Waals surface area contributed by atoms with Gasteiger partial charge in [-0.25, -0.2) is 4.98 Å². The molecule has 0 saturated carbocycles. The van der Waals surface area contributed by atoms with E-state index >= 15 is 0 Å². The fourth-order valence-corrected chi connectivity index (χ4v) is 6.34. The zero-order valence-corrected chi connectivity index (χ0v) is 22.1. The molecule has 37 heavy (non-hydrogen) atoms. The van der Waals surface area contributed by atoms with Gasteiger partial charge in [0.1, 0.15) is 16.3 Å². The average molecular weight is 539 g/mol. The van der Waals surface area contributed by atoms with Crippen LogP contribution in [-0.4, -0.2) is 45.2 Å². The molecule has 1 aliphatic heterocycles. The molecule has 0 spiro atoms. The molecule has 9 nitrogen and oxygen atoms in total. The molecule has 2 amide bonds. The summed E-state index contributed by atoms with van der Waals surface area (Å²) in [5, 5.41) is 3.91. The number of thioether (sulfide) groups is 1. The van der Waals surface area contributed by atoms with Gasteiger partial charge in [0.2, 0.25) is 11.8 Å². The number of nitrogens with zero attached hydrogens (tertiary/aromatic N) is 3. The van der Waals surface area contributed by atoms with E-state index in [9.17, 15) is 14.4 Å². The lowest BCUT2D eigenvalue weighted by atomic mass is 10.1. The minimum absolute atomic E-state index is 0.0149. The zero-order valence-electron chi connectivity index (χ0n) is 20.5. The van der Waals surface area contributed by atoms with Crippen LogP contribution in [0.1, 0.15) is 30.0 Å². The highest BCUT2D eigenvalue weighted by atomic mass is 32.2. The number of anilines is 1. The number of hydrogen-bond acceptors (Lipinski definition) is 8. The number of fused-ring (bicyclic) bond motifs is 3. The van der Waals surface area contributed by atoms with Crippen molar-refractivity contribution in [2.24, 2.45) is 0 Å². The molecule has 0 aliphatic carbocycles. The van der Waals surface area contributed by atoms with Gasteiger partial charge in [-0.1, -0.05) is 11.8 Å². The van der Waals surface area contributed by atoms with E-state index in [4.69, 9.17) is 14.1 Å². The van der Waals surface area contributed by atoms with Gasteiger partial charge in [-0.15, -0.1) is 11.3 Å². The Labute approximate surface area is 221 Å². The van der Waals surface area contributed by atoms with Crippen LogP contribution in [-0.2, 0) is 29.1 Å². The summed E-state index contributed by atoms with van der Waals surface area (Å²) in [5.41, 5.74) is 1.46. The van der Waals surface area contributed by atoms with Crippen LogP contribution < -0.4 is 15.6 Å². The third kappa shape index (κ3) is 5.42. The number of ether oxygens (including phenoxy) is 1. The average Bonchev–Trinajstić information content (AvgIpc) is 3.53. The number of carbonyl (C=O) groups excluding carboxylic acids is 2. The third-order valence-corrected chi connectivity index (χ3v) is 8.13. The predicted octanol–water partition coefficient (Wildman–Crippen LogP) is 4.13. The molecule has 0 bridgehead atoms. The lowest BCUT2D eigenvalue weighted by Gasteiger charge is -2.25. The second-order valence-corrected chi connectivity index (χ2v) is 10.6. The van der Waals surface area contributed by atoms with Gasteiger partial charge in [0, 0.05) is 24.0 Å². The highest BCUT2D eigenvalue weighted by molar-refractivity contribution is 7.99. The largest absolute Gasteiger partial charge is 0.494 e. The van der Waals surface area contributed by atoms with E-state index in [-0.39, 0.29) is 29.7 Å². The second-order valence-electron chi connectivity index (χ2n) is 8.53. The quantitative estimate of drug-likeness (QED) is 0.266. The van der Waals surface area contributed by atoms with Crippen LogP contribution in [0, 0.1) is 0 Å². The minimum Gasteiger partial charge on any atom is -0.494 e. The molecule has 0 atom stereocenters. The molecule has 11 heteroatoms. The Morgan fingerprint density at radius 2 is 2.05 bits per heavy atom. The summed E-state index contributed by atoms with van der Waals surface area (Å²) in [6.45, 7) is 5.31. The summed E-state index contributed by atoms with van der Waals surface area (Å²) in [7, 11) is 0. The van der Waals surface area contributed by atoms with Gasteiger partial charge in [0.25, 0.3) is 5.56 Å². The number of thiophene rings is 1. The maximum atomic E-state index is 13.7. The first-order chi connectivity index (χ1) is 17.9. The Hall–Kier alpha value is -3.57. The van der Waals surface area contributed by atoms with E-state index in [1.54, 1.807) is 59.1 Å². The zero-order chi connectivity index (χ0) is 25.9. The normalized spacial score (nSPS) is 13.0. The first kappa shape index (κ1) is 25.1. The van der Waals surface area contributed by atoms with Crippen molar-refractivity contribution in [1.82, 2.24) is 14.5 Å². The third-order valence-electron chi connectivity index (χ3n) is 6.05. The van der Waals surface area contributed by atoms with Crippen molar-refractivity contribution in [1.29, 1.82) is 0 Å². The first-order valence-corrected chi connectivity index (χ1v) is 13.7. The minimum atomic E-state index is -0.212. The van der Waals surface area contributed by atoms with E-state index in [2.05, 4.69) is 5.32 Å². The van der Waals surface area contributed by atoms with Gasteiger partial charge in [-0.2, -0.15) is 0 Å². The van der Waals surface area contributed by atoms with Gasteiger partial charge >= 0.3 is 0 Å². The molecule has 0 unspecified atom stereocenters. The molecule has 0 radical (unpaired) electrons. The lowest BCUT2D eigenvalue weighted by molar-refractivity contribution is -0.129. The van der Waals surface area contributed by atoms with E-state index in [1.807, 2.05) is 6.92 Å². The molecule has 1 aliphatic rings. The maximum Gasteiger partial charge on any atom is 0.263 e. The van der Waals surface area contributed by atoms with E-state index in [0.29, 0.717) is 52.9 Å². The van der Waals surface area contributed by atoms with Crippen molar-refractivity contribution < 1.29 is 18.7 Å². The first-order valence-electron chi connectivity index (χ1n) is 11.9. The molecule has 1 aromatic carbocycles. The Morgan fingerprint density at radius 3 is 2.76 bits per heavy atom. The van der Waals surface area contributed by atoms with Crippen LogP contribution >= 0.6 is 23.1 Å². The number of carbonyl (C=O) groups is 2. The van der Waals surface area contributed by atoms with Gasteiger partial charge in [-0.05, 0) is 55.3 Å². The lowest BCUT2D eigenvalue weighted by Crippen LogP contribution is -2.34. The van der Waals surface area contributed by atoms with Gasteiger partial charge in [-0.3, -0.25) is 19.0 Å². The summed E-state index contributed by atoms with van der Waals surface area (Å²) in [6, 6.07) is 10.7. The van der Waals surface area contributed by atoms with Crippen LogP contribution in [0.4, 0.5) is 5.69 Å². The van der Waals surface area contributed by atoms with E-state index in [0.717, 1.165) is 16.2 Å². The molecule has 1 N–H and O–H groups in total. The highest BCUT2D eigenvalue weighted by Gasteiger charge is 2.26. The van der Waals surface area contributed by atoms with Crippen LogP contribution in [0.15, 0.2) is 57.0 Å². The highest BCUT2D eigenvalue weighted by Crippen LogP contribution is 2.34. The van der Waals surface area contributed by atoms with E-state index in [1.165, 1.54) is 23.1 Å². The molecule has 0 saturated heterocycles. The van der Waals surface area contributed by atoms with Crippen molar-refractivity contribution in [2.45, 2.75) is 38.5 Å². The number of nitrogens with one attached hydrogen (secondary N) is 1. The molecule has 4 heterocycles.